The average Bonchev–Trinajstić information content (AvgIpc) is 2.93. The number of aliphatic hydroxyl groups excluding tert-OH is 1. The smallest absolute Gasteiger partial charge is 0.376 e. The molecule has 2 N–H and O–H groups in total. The van der Waals surface area contributed by atoms with E-state index in [1.807, 2.05) is 41.0 Å². The maximum absolute atomic E-state index is 11.4. The molecule has 0 unspecified atom stereocenters. The maximum Gasteiger partial charge on any atom is 0.376 e. The number of rotatable bonds is 5. The minimum absolute atomic E-state index is 0.350. The Hall–Kier alpha value is -3.05. The van der Waals surface area contributed by atoms with E-state index in [0.29, 0.717) is 28.6 Å². The summed E-state index contributed by atoms with van der Waals surface area (Å²) in [7, 11) is 0. The number of hydrogen-bond acceptors (Lipinski definition) is 3. The normalized spacial score (nSPS) is 11.6. The molecule has 0 atom stereocenters. The van der Waals surface area contributed by atoms with Crippen molar-refractivity contribution in [3.63, 3.8) is 0 Å². The molecule has 5 nitrogen and oxygen atoms in total. The van der Waals surface area contributed by atoms with E-state index >= 15 is 0 Å². The van der Waals surface area contributed by atoms with Gasteiger partial charge in [-0.3, -0.25) is 4.79 Å². The van der Waals surface area contributed by atoms with Crippen LogP contribution in [0.4, 0.5) is 0 Å². The van der Waals surface area contributed by atoms with Crippen LogP contribution in [0.3, 0.4) is 0 Å². The quantitative estimate of drug-likeness (QED) is 0.413. The third kappa shape index (κ3) is 3.56. The number of carboxylic acid groups (broad SMARTS) is 1. The van der Waals surface area contributed by atoms with Crippen LogP contribution in [0.1, 0.15) is 11.1 Å². The number of benzene rings is 2. The van der Waals surface area contributed by atoms with Gasteiger partial charge in [-0.2, -0.15) is 0 Å². The monoisotopic (exact) mass is 355 g/mol. The van der Waals surface area contributed by atoms with Crippen molar-refractivity contribution in [2.75, 3.05) is 0 Å². The van der Waals surface area contributed by atoms with Gasteiger partial charge in [-0.1, -0.05) is 41.9 Å². The van der Waals surface area contributed by atoms with Gasteiger partial charge in [-0.05, 0) is 23.8 Å². The minimum Gasteiger partial charge on any atom is -0.507 e. The zero-order valence-electron chi connectivity index (χ0n) is 13.0. The Kier molecular flexibility index (Phi) is 4.59. The molecule has 0 fully saturated rings. The van der Waals surface area contributed by atoms with Crippen LogP contribution >= 0.6 is 11.6 Å². The average molecular weight is 356 g/mol. The predicted molar refractivity (Wildman–Crippen MR) is 95.7 cm³/mol. The van der Waals surface area contributed by atoms with Gasteiger partial charge in [0.15, 0.2) is 0 Å². The lowest BCUT2D eigenvalue weighted by atomic mass is 10.1. The van der Waals surface area contributed by atoms with Crippen LogP contribution in [-0.4, -0.2) is 26.5 Å². The number of fused-ring (bicyclic) bond motifs is 1. The van der Waals surface area contributed by atoms with E-state index < -0.39 is 17.5 Å². The molecule has 6 heteroatoms. The number of hydrogen-bond donors (Lipinski definition) is 2. The molecule has 3 aromatic rings. The zero-order chi connectivity index (χ0) is 18.0. The molecule has 0 amide bonds. The van der Waals surface area contributed by atoms with Gasteiger partial charge < -0.3 is 14.8 Å². The number of carbonyl (C=O) groups is 2. The molecule has 0 aliphatic carbocycles. The molecule has 25 heavy (non-hydrogen) atoms. The Morgan fingerprint density at radius 1 is 1.08 bits per heavy atom. The van der Waals surface area contributed by atoms with E-state index in [9.17, 15) is 14.7 Å². The summed E-state index contributed by atoms with van der Waals surface area (Å²) in [5, 5.41) is 20.0. The maximum atomic E-state index is 11.4. The Morgan fingerprint density at radius 3 is 2.48 bits per heavy atom. The van der Waals surface area contributed by atoms with E-state index in [4.69, 9.17) is 16.7 Å². The van der Waals surface area contributed by atoms with E-state index in [1.165, 1.54) is 0 Å². The van der Waals surface area contributed by atoms with Gasteiger partial charge in [0, 0.05) is 40.3 Å². The summed E-state index contributed by atoms with van der Waals surface area (Å²) in [6.07, 6.45) is 2.37. The number of aliphatic carboxylic acids is 1. The minimum atomic E-state index is -1.63. The molecule has 0 aliphatic rings. The molecule has 3 rings (SSSR count). The van der Waals surface area contributed by atoms with Gasteiger partial charge in [0.25, 0.3) is 5.78 Å². The Labute approximate surface area is 148 Å². The van der Waals surface area contributed by atoms with Crippen molar-refractivity contribution < 1.29 is 19.8 Å². The first-order valence-electron chi connectivity index (χ1n) is 7.46. The van der Waals surface area contributed by atoms with Crippen molar-refractivity contribution in [2.45, 2.75) is 6.54 Å². The fourth-order valence-corrected chi connectivity index (χ4v) is 2.82. The van der Waals surface area contributed by atoms with E-state index in [1.54, 1.807) is 18.3 Å². The zero-order valence-corrected chi connectivity index (χ0v) is 13.8. The highest BCUT2D eigenvalue weighted by Gasteiger charge is 2.16. The fraction of sp³-hybridized carbons (Fsp3) is 0.0526. The fourth-order valence-electron chi connectivity index (χ4n) is 2.65. The molecule has 0 bridgehead atoms. The summed E-state index contributed by atoms with van der Waals surface area (Å²) in [5.41, 5.74) is 2.22. The highest BCUT2D eigenvalue weighted by atomic mass is 35.5. The van der Waals surface area contributed by atoms with Crippen LogP contribution in [0, 0.1) is 0 Å². The lowest BCUT2D eigenvalue weighted by Crippen LogP contribution is -2.09. The molecule has 1 aromatic heterocycles. The number of aliphatic hydroxyl groups is 1. The molecule has 0 saturated heterocycles. The molecule has 0 radical (unpaired) electrons. The number of halogens is 1. The Bertz CT molecular complexity index is 989. The summed E-state index contributed by atoms with van der Waals surface area (Å²) >= 11 is 6.05. The van der Waals surface area contributed by atoms with Crippen LogP contribution in [0.15, 0.2) is 60.8 Å². The lowest BCUT2D eigenvalue weighted by Gasteiger charge is -2.05. The molecular weight excluding hydrogens is 342 g/mol. The number of carboxylic acids is 1. The van der Waals surface area contributed by atoms with Crippen molar-refractivity contribution in [1.82, 2.24) is 4.57 Å². The number of aromatic nitrogens is 1. The standard InChI is InChI=1S/C19H14ClNO4/c20-13-6-7-16-14(8-13)15(17(22)9-18(23)19(24)25)11-21(16)10-12-4-2-1-3-5-12/h1-9,11,22H,10H2,(H,24,25)/b17-9-. The second-order valence-electron chi connectivity index (χ2n) is 5.52. The molecule has 0 spiro atoms. The third-order valence-corrected chi connectivity index (χ3v) is 4.03. The Morgan fingerprint density at radius 2 is 1.80 bits per heavy atom. The summed E-state index contributed by atoms with van der Waals surface area (Å²) in [6, 6.07) is 15.0. The Balaban J connectivity index is 2.11. The van der Waals surface area contributed by atoms with Gasteiger partial charge in [-0.15, -0.1) is 0 Å². The highest BCUT2D eigenvalue weighted by molar-refractivity contribution is 6.38. The second kappa shape index (κ2) is 6.83. The molecule has 0 aliphatic heterocycles. The molecule has 1 heterocycles. The number of ketones is 1. The summed E-state index contributed by atoms with van der Waals surface area (Å²) in [4.78, 5) is 22.1. The predicted octanol–water partition coefficient (Wildman–Crippen LogP) is 3.90. The van der Waals surface area contributed by atoms with Crippen LogP contribution in [0.2, 0.25) is 5.02 Å². The van der Waals surface area contributed by atoms with Crippen molar-refractivity contribution in [2.24, 2.45) is 0 Å². The van der Waals surface area contributed by atoms with E-state index in [-0.39, 0.29) is 0 Å². The van der Waals surface area contributed by atoms with Crippen molar-refractivity contribution in [1.29, 1.82) is 0 Å². The van der Waals surface area contributed by atoms with E-state index in [2.05, 4.69) is 0 Å². The van der Waals surface area contributed by atoms with Crippen LogP contribution < -0.4 is 0 Å². The van der Waals surface area contributed by atoms with Gasteiger partial charge >= 0.3 is 5.97 Å². The molecule has 126 valence electrons. The number of nitrogens with zero attached hydrogens (tertiary/aromatic N) is 1. The van der Waals surface area contributed by atoms with Crippen LogP contribution in [-0.2, 0) is 16.1 Å². The molecular formula is C19H14ClNO4. The number of carbonyl (C=O) groups excluding carboxylic acids is 1. The second-order valence-corrected chi connectivity index (χ2v) is 5.95. The van der Waals surface area contributed by atoms with Crippen molar-refractivity contribution in [3.05, 3.63) is 77.0 Å². The van der Waals surface area contributed by atoms with Gasteiger partial charge in [-0.25, -0.2) is 4.79 Å². The summed E-state index contributed by atoms with van der Waals surface area (Å²) in [6.45, 7) is 0.555. The van der Waals surface area contributed by atoms with Gasteiger partial charge in [0.1, 0.15) is 5.76 Å². The van der Waals surface area contributed by atoms with Crippen molar-refractivity contribution in [3.8, 4) is 0 Å². The molecule has 2 aromatic carbocycles. The summed E-state index contributed by atoms with van der Waals surface area (Å²) < 4.78 is 1.91. The topological polar surface area (TPSA) is 79.5 Å². The van der Waals surface area contributed by atoms with Crippen molar-refractivity contribution >= 4 is 40.0 Å². The first-order valence-corrected chi connectivity index (χ1v) is 7.84. The third-order valence-electron chi connectivity index (χ3n) is 3.79. The van der Waals surface area contributed by atoms with Crippen LogP contribution in [0.5, 0.6) is 0 Å². The summed E-state index contributed by atoms with van der Waals surface area (Å²) in [5.74, 6) is -3.23. The van der Waals surface area contributed by atoms with Crippen LogP contribution in [0.25, 0.3) is 16.7 Å². The SMILES string of the molecule is O=C(O)C(=O)/C=C(\O)c1cn(Cc2ccccc2)c2ccc(Cl)cc12. The van der Waals surface area contributed by atoms with Gasteiger partial charge in [0.05, 0.1) is 0 Å². The van der Waals surface area contributed by atoms with Gasteiger partial charge in [0.2, 0.25) is 0 Å². The highest BCUT2D eigenvalue weighted by Crippen LogP contribution is 2.29. The first-order chi connectivity index (χ1) is 12.0. The molecule has 0 saturated carbocycles. The van der Waals surface area contributed by atoms with E-state index in [0.717, 1.165) is 11.1 Å². The first kappa shape index (κ1) is 16.8. The lowest BCUT2D eigenvalue weighted by molar-refractivity contribution is -0.146. The largest absolute Gasteiger partial charge is 0.507 e.